The number of rotatable bonds is 4. The Morgan fingerprint density at radius 3 is 2.56 bits per heavy atom. The molecular formula is C15H16ClNO. The number of ether oxygens (including phenoxy) is 1. The molecule has 0 saturated carbocycles. The van der Waals surface area contributed by atoms with E-state index in [1.807, 2.05) is 37.3 Å². The van der Waals surface area contributed by atoms with Gasteiger partial charge in [0.25, 0.3) is 0 Å². The zero-order valence-corrected chi connectivity index (χ0v) is 11.4. The number of para-hydroxylation sites is 1. The molecule has 2 aromatic rings. The quantitative estimate of drug-likeness (QED) is 0.757. The molecule has 0 spiro atoms. The van der Waals surface area contributed by atoms with Gasteiger partial charge in [0.15, 0.2) is 0 Å². The number of hydrogen-bond donors (Lipinski definition) is 0. The van der Waals surface area contributed by atoms with E-state index in [1.165, 1.54) is 5.56 Å². The average Bonchev–Trinajstić information content (AvgIpc) is 2.39. The number of nitrogens with zero attached hydrogens (tertiary/aromatic N) is 1. The number of aromatic nitrogens is 1. The third kappa shape index (κ3) is 2.82. The van der Waals surface area contributed by atoms with Crippen LogP contribution in [-0.4, -0.2) is 4.98 Å². The molecule has 0 atom stereocenters. The highest BCUT2D eigenvalue weighted by Crippen LogP contribution is 2.25. The van der Waals surface area contributed by atoms with Crippen molar-refractivity contribution in [2.45, 2.75) is 26.1 Å². The molecule has 2 nitrogen and oxygen atoms in total. The predicted octanol–water partition coefficient (Wildman–Crippen LogP) is 4.48. The van der Waals surface area contributed by atoms with Crippen molar-refractivity contribution in [2.24, 2.45) is 0 Å². The smallest absolute Gasteiger partial charge is 0.219 e. The van der Waals surface area contributed by atoms with Crippen molar-refractivity contribution in [3.63, 3.8) is 0 Å². The fraction of sp³-hybridized carbons (Fsp3) is 0.267. The highest BCUT2D eigenvalue weighted by atomic mass is 35.5. The Labute approximate surface area is 113 Å². The van der Waals surface area contributed by atoms with Crippen molar-refractivity contribution >= 4 is 11.6 Å². The number of aryl methyl sites for hydroxylation is 2. The summed E-state index contributed by atoms with van der Waals surface area (Å²) >= 11 is 5.81. The van der Waals surface area contributed by atoms with Crippen LogP contribution in [0.5, 0.6) is 11.6 Å². The van der Waals surface area contributed by atoms with Gasteiger partial charge >= 0.3 is 0 Å². The monoisotopic (exact) mass is 261 g/mol. The molecule has 1 aromatic carbocycles. The normalized spacial score (nSPS) is 10.4. The molecule has 0 saturated heterocycles. The molecule has 0 bridgehead atoms. The van der Waals surface area contributed by atoms with Crippen LogP contribution in [0.2, 0.25) is 0 Å². The number of alkyl halides is 1. The number of halogens is 1. The molecule has 3 heteroatoms. The molecule has 0 aliphatic carbocycles. The summed E-state index contributed by atoms with van der Waals surface area (Å²) in [5.41, 5.74) is 3.13. The topological polar surface area (TPSA) is 22.1 Å². The lowest BCUT2D eigenvalue weighted by Crippen LogP contribution is -1.95. The van der Waals surface area contributed by atoms with Gasteiger partial charge in [-0.05, 0) is 30.5 Å². The maximum atomic E-state index is 5.83. The predicted molar refractivity (Wildman–Crippen MR) is 74.4 cm³/mol. The van der Waals surface area contributed by atoms with Crippen molar-refractivity contribution in [2.75, 3.05) is 0 Å². The Morgan fingerprint density at radius 1 is 1.11 bits per heavy atom. The SMILES string of the molecule is CCc1ccccc1Oc1ccc(CCl)c(C)n1. The zero-order chi connectivity index (χ0) is 13.0. The van der Waals surface area contributed by atoms with Crippen LogP contribution in [-0.2, 0) is 12.3 Å². The van der Waals surface area contributed by atoms with Gasteiger partial charge in [-0.2, -0.15) is 0 Å². The summed E-state index contributed by atoms with van der Waals surface area (Å²) in [5.74, 6) is 1.96. The average molecular weight is 262 g/mol. The van der Waals surface area contributed by atoms with E-state index in [2.05, 4.69) is 18.0 Å². The van der Waals surface area contributed by atoms with Crippen LogP contribution in [0, 0.1) is 6.92 Å². The van der Waals surface area contributed by atoms with Crippen LogP contribution in [0.1, 0.15) is 23.7 Å². The lowest BCUT2D eigenvalue weighted by molar-refractivity contribution is 0.456. The van der Waals surface area contributed by atoms with Gasteiger partial charge in [0.05, 0.1) is 0 Å². The number of pyridine rings is 1. The molecule has 0 radical (unpaired) electrons. The first-order valence-electron chi connectivity index (χ1n) is 6.02. The largest absolute Gasteiger partial charge is 0.439 e. The van der Waals surface area contributed by atoms with Gasteiger partial charge < -0.3 is 4.74 Å². The summed E-state index contributed by atoms with van der Waals surface area (Å²) in [7, 11) is 0. The van der Waals surface area contributed by atoms with Crippen molar-refractivity contribution in [1.29, 1.82) is 0 Å². The minimum atomic E-state index is 0.477. The zero-order valence-electron chi connectivity index (χ0n) is 10.6. The van der Waals surface area contributed by atoms with E-state index in [4.69, 9.17) is 16.3 Å². The van der Waals surface area contributed by atoms with E-state index in [1.54, 1.807) is 0 Å². The molecule has 1 heterocycles. The molecular weight excluding hydrogens is 246 g/mol. The van der Waals surface area contributed by atoms with Crippen LogP contribution in [0.15, 0.2) is 36.4 Å². The van der Waals surface area contributed by atoms with Gasteiger partial charge in [0.2, 0.25) is 5.88 Å². The number of hydrogen-bond acceptors (Lipinski definition) is 2. The highest BCUT2D eigenvalue weighted by Gasteiger charge is 2.05. The van der Waals surface area contributed by atoms with E-state index >= 15 is 0 Å². The van der Waals surface area contributed by atoms with E-state index in [0.717, 1.165) is 23.4 Å². The van der Waals surface area contributed by atoms with E-state index in [9.17, 15) is 0 Å². The minimum absolute atomic E-state index is 0.477. The minimum Gasteiger partial charge on any atom is -0.439 e. The Hall–Kier alpha value is -1.54. The Bertz CT molecular complexity index is 540. The van der Waals surface area contributed by atoms with Crippen molar-refractivity contribution in [1.82, 2.24) is 4.98 Å². The molecule has 0 fully saturated rings. The molecule has 0 unspecified atom stereocenters. The lowest BCUT2D eigenvalue weighted by Gasteiger charge is -2.10. The summed E-state index contributed by atoms with van der Waals surface area (Å²) in [5, 5.41) is 0. The van der Waals surface area contributed by atoms with Gasteiger partial charge in [-0.3, -0.25) is 0 Å². The molecule has 0 N–H and O–H groups in total. The van der Waals surface area contributed by atoms with Gasteiger partial charge in [-0.15, -0.1) is 11.6 Å². The fourth-order valence-corrected chi connectivity index (χ4v) is 2.06. The van der Waals surface area contributed by atoms with E-state index < -0.39 is 0 Å². The number of benzene rings is 1. The van der Waals surface area contributed by atoms with Crippen LogP contribution >= 0.6 is 11.6 Å². The summed E-state index contributed by atoms with van der Waals surface area (Å²) in [4.78, 5) is 4.41. The molecule has 1 aromatic heterocycles. The summed E-state index contributed by atoms with van der Waals surface area (Å²) in [6.45, 7) is 4.05. The second-order valence-corrected chi connectivity index (χ2v) is 4.36. The van der Waals surface area contributed by atoms with Gasteiger partial charge in [-0.1, -0.05) is 31.2 Å². The third-order valence-corrected chi connectivity index (χ3v) is 3.17. The standard InChI is InChI=1S/C15H16ClNO/c1-3-12-6-4-5-7-14(12)18-15-9-8-13(10-16)11(2)17-15/h4-9H,3,10H2,1-2H3. The van der Waals surface area contributed by atoms with Crippen LogP contribution in [0.4, 0.5) is 0 Å². The second-order valence-electron chi connectivity index (χ2n) is 4.09. The molecule has 18 heavy (non-hydrogen) atoms. The van der Waals surface area contributed by atoms with Crippen LogP contribution in [0.25, 0.3) is 0 Å². The highest BCUT2D eigenvalue weighted by molar-refractivity contribution is 6.17. The van der Waals surface area contributed by atoms with Gasteiger partial charge in [0.1, 0.15) is 5.75 Å². The molecule has 0 aliphatic rings. The van der Waals surface area contributed by atoms with E-state index in [-0.39, 0.29) is 0 Å². The first-order chi connectivity index (χ1) is 8.74. The maximum Gasteiger partial charge on any atom is 0.219 e. The fourth-order valence-electron chi connectivity index (χ4n) is 1.77. The first-order valence-corrected chi connectivity index (χ1v) is 6.56. The Morgan fingerprint density at radius 2 is 1.89 bits per heavy atom. The Balaban J connectivity index is 2.26. The van der Waals surface area contributed by atoms with Crippen LogP contribution in [0.3, 0.4) is 0 Å². The van der Waals surface area contributed by atoms with Crippen molar-refractivity contribution in [3.8, 4) is 11.6 Å². The lowest BCUT2D eigenvalue weighted by atomic mass is 10.1. The Kier molecular flexibility index (Phi) is 4.21. The van der Waals surface area contributed by atoms with Crippen molar-refractivity contribution in [3.05, 3.63) is 53.2 Å². The van der Waals surface area contributed by atoms with Gasteiger partial charge in [0, 0.05) is 17.6 Å². The third-order valence-electron chi connectivity index (χ3n) is 2.88. The van der Waals surface area contributed by atoms with Crippen molar-refractivity contribution < 1.29 is 4.74 Å². The van der Waals surface area contributed by atoms with Gasteiger partial charge in [-0.25, -0.2) is 4.98 Å². The molecule has 0 aliphatic heterocycles. The summed E-state index contributed by atoms with van der Waals surface area (Å²) in [6.07, 6.45) is 0.939. The van der Waals surface area contributed by atoms with Crippen LogP contribution < -0.4 is 4.74 Å². The molecule has 2 rings (SSSR count). The molecule has 0 amide bonds. The summed E-state index contributed by atoms with van der Waals surface area (Å²) < 4.78 is 5.83. The first kappa shape index (κ1) is 12.9. The summed E-state index contributed by atoms with van der Waals surface area (Å²) in [6, 6.07) is 11.8. The molecule has 94 valence electrons. The second kappa shape index (κ2) is 5.87. The van der Waals surface area contributed by atoms with E-state index in [0.29, 0.717) is 11.8 Å². The maximum absolute atomic E-state index is 5.83.